The highest BCUT2D eigenvalue weighted by molar-refractivity contribution is 9.09. The van der Waals surface area contributed by atoms with E-state index >= 15 is 0 Å². The zero-order chi connectivity index (χ0) is 14.5. The van der Waals surface area contributed by atoms with Gasteiger partial charge in [0, 0.05) is 17.9 Å². The standard InChI is InChI=1S/C17H24BrNO/c1-3-13(2)16(14-7-5-4-6-8-14)17(20)19-11-9-15(18)10-12-19/h4-8,13,15-16H,3,9-12H2,1-2H3. The van der Waals surface area contributed by atoms with E-state index in [9.17, 15) is 4.79 Å². The first-order valence-corrected chi connectivity index (χ1v) is 8.52. The molecule has 1 heterocycles. The van der Waals surface area contributed by atoms with Crippen molar-refractivity contribution in [2.24, 2.45) is 5.92 Å². The van der Waals surface area contributed by atoms with E-state index in [2.05, 4.69) is 46.8 Å². The third kappa shape index (κ3) is 3.63. The number of benzene rings is 1. The number of hydrogen-bond donors (Lipinski definition) is 0. The van der Waals surface area contributed by atoms with E-state index in [1.165, 1.54) is 0 Å². The molecule has 2 atom stereocenters. The molecule has 1 aromatic carbocycles. The van der Waals surface area contributed by atoms with E-state index in [1.54, 1.807) is 0 Å². The molecule has 0 N–H and O–H groups in total. The molecule has 0 aromatic heterocycles. The van der Waals surface area contributed by atoms with Crippen molar-refractivity contribution in [1.82, 2.24) is 4.90 Å². The smallest absolute Gasteiger partial charge is 0.230 e. The molecule has 0 spiro atoms. The van der Waals surface area contributed by atoms with Gasteiger partial charge in [-0.15, -0.1) is 0 Å². The van der Waals surface area contributed by atoms with Gasteiger partial charge in [0.15, 0.2) is 0 Å². The minimum Gasteiger partial charge on any atom is -0.342 e. The summed E-state index contributed by atoms with van der Waals surface area (Å²) in [7, 11) is 0. The molecule has 1 aliphatic heterocycles. The van der Waals surface area contributed by atoms with Crippen LogP contribution in [0.1, 0.15) is 44.6 Å². The van der Waals surface area contributed by atoms with Gasteiger partial charge in [-0.25, -0.2) is 0 Å². The zero-order valence-corrected chi connectivity index (χ0v) is 14.0. The van der Waals surface area contributed by atoms with Crippen LogP contribution in [0, 0.1) is 5.92 Å². The maximum atomic E-state index is 12.9. The van der Waals surface area contributed by atoms with Gasteiger partial charge in [0.05, 0.1) is 5.92 Å². The summed E-state index contributed by atoms with van der Waals surface area (Å²) in [6.45, 7) is 6.12. The van der Waals surface area contributed by atoms with Crippen LogP contribution in [0.25, 0.3) is 0 Å². The number of carbonyl (C=O) groups is 1. The average molecular weight is 338 g/mol. The van der Waals surface area contributed by atoms with Crippen molar-refractivity contribution in [2.75, 3.05) is 13.1 Å². The SMILES string of the molecule is CCC(C)C(C(=O)N1CCC(Br)CC1)c1ccccc1. The van der Waals surface area contributed by atoms with Crippen molar-refractivity contribution in [3.05, 3.63) is 35.9 Å². The molecule has 0 saturated carbocycles. The van der Waals surface area contributed by atoms with Crippen molar-refractivity contribution in [2.45, 2.75) is 43.9 Å². The van der Waals surface area contributed by atoms with Gasteiger partial charge in [0.25, 0.3) is 0 Å². The van der Waals surface area contributed by atoms with Crippen molar-refractivity contribution >= 4 is 21.8 Å². The molecule has 3 heteroatoms. The fraction of sp³-hybridized carbons (Fsp3) is 0.588. The monoisotopic (exact) mass is 337 g/mol. The highest BCUT2D eigenvalue weighted by Crippen LogP contribution is 2.30. The molecule has 20 heavy (non-hydrogen) atoms. The maximum absolute atomic E-state index is 12.9. The van der Waals surface area contributed by atoms with Crippen molar-refractivity contribution < 1.29 is 4.79 Å². The van der Waals surface area contributed by atoms with Gasteiger partial charge in [-0.3, -0.25) is 4.79 Å². The summed E-state index contributed by atoms with van der Waals surface area (Å²) in [6, 6.07) is 10.3. The summed E-state index contributed by atoms with van der Waals surface area (Å²) >= 11 is 3.65. The first kappa shape index (κ1) is 15.6. The molecule has 1 fully saturated rings. The third-order valence-electron chi connectivity index (χ3n) is 4.37. The number of hydrogen-bond acceptors (Lipinski definition) is 1. The lowest BCUT2D eigenvalue weighted by atomic mass is 9.84. The lowest BCUT2D eigenvalue weighted by Crippen LogP contribution is -2.42. The van der Waals surface area contributed by atoms with E-state index in [1.807, 2.05) is 18.2 Å². The van der Waals surface area contributed by atoms with Crippen molar-refractivity contribution in [3.8, 4) is 0 Å². The van der Waals surface area contributed by atoms with E-state index in [0.717, 1.165) is 37.9 Å². The third-order valence-corrected chi connectivity index (χ3v) is 5.29. The highest BCUT2D eigenvalue weighted by Gasteiger charge is 2.31. The predicted molar refractivity (Wildman–Crippen MR) is 87.2 cm³/mol. The minimum absolute atomic E-state index is 0.00748. The molecule has 0 aliphatic carbocycles. The van der Waals surface area contributed by atoms with E-state index < -0.39 is 0 Å². The Morgan fingerprint density at radius 2 is 1.90 bits per heavy atom. The maximum Gasteiger partial charge on any atom is 0.230 e. The van der Waals surface area contributed by atoms with Gasteiger partial charge in [0.2, 0.25) is 5.91 Å². The Morgan fingerprint density at radius 3 is 2.45 bits per heavy atom. The van der Waals surface area contributed by atoms with Crippen LogP contribution in [0.15, 0.2) is 30.3 Å². The average Bonchev–Trinajstić information content (AvgIpc) is 2.49. The summed E-state index contributed by atoms with van der Waals surface area (Å²) in [6.07, 6.45) is 3.15. The van der Waals surface area contributed by atoms with Gasteiger partial charge in [-0.1, -0.05) is 66.5 Å². The second-order valence-corrected chi connectivity index (χ2v) is 7.07. The topological polar surface area (TPSA) is 20.3 Å². The molecule has 1 saturated heterocycles. The number of alkyl halides is 1. The summed E-state index contributed by atoms with van der Waals surface area (Å²) in [5.41, 5.74) is 1.16. The van der Waals surface area contributed by atoms with Crippen LogP contribution in [-0.2, 0) is 4.79 Å². The summed E-state index contributed by atoms with van der Waals surface area (Å²) < 4.78 is 0. The molecule has 2 rings (SSSR count). The molecule has 0 bridgehead atoms. The lowest BCUT2D eigenvalue weighted by molar-refractivity contribution is -0.134. The first-order chi connectivity index (χ1) is 9.63. The van der Waals surface area contributed by atoms with Gasteiger partial charge in [-0.2, -0.15) is 0 Å². The summed E-state index contributed by atoms with van der Waals surface area (Å²) in [5.74, 6) is 0.699. The molecule has 2 unspecified atom stereocenters. The van der Waals surface area contributed by atoms with Gasteiger partial charge in [-0.05, 0) is 24.3 Å². The Bertz CT molecular complexity index is 426. The van der Waals surface area contributed by atoms with E-state index in [0.29, 0.717) is 16.7 Å². The Balaban J connectivity index is 2.17. The first-order valence-electron chi connectivity index (χ1n) is 7.61. The minimum atomic E-state index is 0.00748. The zero-order valence-electron chi connectivity index (χ0n) is 12.4. The number of rotatable bonds is 4. The quantitative estimate of drug-likeness (QED) is 0.754. The Labute approximate surface area is 130 Å². The number of piperidine rings is 1. The van der Waals surface area contributed by atoms with Gasteiger partial charge < -0.3 is 4.90 Å². The van der Waals surface area contributed by atoms with Crippen LogP contribution < -0.4 is 0 Å². The largest absolute Gasteiger partial charge is 0.342 e. The molecule has 1 aliphatic rings. The second-order valence-electron chi connectivity index (χ2n) is 5.77. The number of halogens is 1. The lowest BCUT2D eigenvalue weighted by Gasteiger charge is -2.34. The fourth-order valence-corrected chi connectivity index (χ4v) is 3.29. The number of nitrogens with zero attached hydrogens (tertiary/aromatic N) is 1. The van der Waals surface area contributed by atoms with Gasteiger partial charge in [0.1, 0.15) is 0 Å². The van der Waals surface area contributed by atoms with Crippen LogP contribution in [0.3, 0.4) is 0 Å². The molecule has 0 radical (unpaired) electrons. The van der Waals surface area contributed by atoms with Crippen LogP contribution in [0.5, 0.6) is 0 Å². The van der Waals surface area contributed by atoms with E-state index in [-0.39, 0.29) is 5.92 Å². The van der Waals surface area contributed by atoms with Crippen LogP contribution >= 0.6 is 15.9 Å². The normalized spacial score (nSPS) is 19.6. The van der Waals surface area contributed by atoms with Crippen molar-refractivity contribution in [3.63, 3.8) is 0 Å². The summed E-state index contributed by atoms with van der Waals surface area (Å²) in [4.78, 5) is 15.5. The van der Waals surface area contributed by atoms with Crippen LogP contribution in [0.2, 0.25) is 0 Å². The highest BCUT2D eigenvalue weighted by atomic mass is 79.9. The van der Waals surface area contributed by atoms with Gasteiger partial charge >= 0.3 is 0 Å². The van der Waals surface area contributed by atoms with E-state index in [4.69, 9.17) is 0 Å². The molecule has 110 valence electrons. The Morgan fingerprint density at radius 1 is 1.30 bits per heavy atom. The molecule has 2 nitrogen and oxygen atoms in total. The van der Waals surface area contributed by atoms with Crippen LogP contribution in [-0.4, -0.2) is 28.7 Å². The molecule has 1 aromatic rings. The summed E-state index contributed by atoms with van der Waals surface area (Å²) in [5, 5.41) is 0. The Kier molecular flexibility index (Phi) is 5.64. The number of carbonyl (C=O) groups excluding carboxylic acids is 1. The fourth-order valence-electron chi connectivity index (χ4n) is 2.88. The predicted octanol–water partition coefficient (Wildman–Crippen LogP) is 4.20. The Hall–Kier alpha value is -0.830. The van der Waals surface area contributed by atoms with Crippen molar-refractivity contribution in [1.29, 1.82) is 0 Å². The second kappa shape index (κ2) is 7.26. The number of amides is 1. The molecular formula is C17H24BrNO. The number of likely N-dealkylation sites (tertiary alicyclic amines) is 1. The molecular weight excluding hydrogens is 314 g/mol. The molecule has 1 amide bonds. The van der Waals surface area contributed by atoms with Crippen LogP contribution in [0.4, 0.5) is 0 Å².